The summed E-state index contributed by atoms with van der Waals surface area (Å²) in [5.41, 5.74) is 2.45. The molecular formula is C22H23N7O2. The van der Waals surface area contributed by atoms with Crippen molar-refractivity contribution in [2.24, 2.45) is 0 Å². The average Bonchev–Trinajstić information content (AvgIpc) is 3.31. The minimum absolute atomic E-state index is 0.0478. The number of amides is 1. The SMILES string of the molecule is Cc1ccc(C(=O)N2C[C@H](Oc3nccc(C#N)c3C)CC[C@H]2C)c(-n2nccn2)n1. The van der Waals surface area contributed by atoms with Crippen LogP contribution in [0.2, 0.25) is 0 Å². The summed E-state index contributed by atoms with van der Waals surface area (Å²) in [6.07, 6.45) is 6.04. The molecule has 4 heterocycles. The summed E-state index contributed by atoms with van der Waals surface area (Å²) in [7, 11) is 0. The molecule has 0 radical (unpaired) electrons. The number of carbonyl (C=O) groups is 1. The van der Waals surface area contributed by atoms with Gasteiger partial charge in [0.15, 0.2) is 5.82 Å². The molecule has 1 aliphatic heterocycles. The highest BCUT2D eigenvalue weighted by atomic mass is 16.5. The molecule has 1 fully saturated rings. The molecular weight excluding hydrogens is 394 g/mol. The summed E-state index contributed by atoms with van der Waals surface area (Å²) in [4.78, 5) is 25.4. The molecule has 2 atom stereocenters. The third kappa shape index (κ3) is 4.10. The summed E-state index contributed by atoms with van der Waals surface area (Å²) in [5.74, 6) is 0.699. The van der Waals surface area contributed by atoms with E-state index in [0.717, 1.165) is 18.5 Å². The smallest absolute Gasteiger partial charge is 0.258 e. The number of piperidine rings is 1. The topological polar surface area (TPSA) is 110 Å². The van der Waals surface area contributed by atoms with Crippen molar-refractivity contribution < 1.29 is 9.53 Å². The van der Waals surface area contributed by atoms with Crippen molar-refractivity contribution in [3.8, 4) is 17.8 Å². The standard InChI is InChI=1S/C22H23N7O2/c1-14-4-7-19(20(27-14)29-25-10-11-26-29)22(30)28-13-18(6-5-15(28)2)31-21-16(3)17(12-23)8-9-24-21/h4,7-11,15,18H,5-6,13H2,1-3H3/t15-,18-/m1/s1. The average molecular weight is 417 g/mol. The fourth-order valence-electron chi connectivity index (χ4n) is 3.71. The number of carbonyl (C=O) groups excluding carboxylic acids is 1. The molecule has 3 aromatic heterocycles. The van der Waals surface area contributed by atoms with Crippen molar-refractivity contribution in [1.82, 2.24) is 29.9 Å². The summed E-state index contributed by atoms with van der Waals surface area (Å²) in [5, 5.41) is 17.5. The quantitative estimate of drug-likeness (QED) is 0.642. The van der Waals surface area contributed by atoms with Crippen LogP contribution in [-0.2, 0) is 0 Å². The van der Waals surface area contributed by atoms with Gasteiger partial charge in [-0.05, 0) is 51.8 Å². The van der Waals surface area contributed by atoms with Gasteiger partial charge >= 0.3 is 0 Å². The number of nitrogens with zero attached hydrogens (tertiary/aromatic N) is 7. The predicted molar refractivity (Wildman–Crippen MR) is 112 cm³/mol. The number of likely N-dealkylation sites (tertiary alicyclic amines) is 1. The van der Waals surface area contributed by atoms with E-state index < -0.39 is 0 Å². The molecule has 0 aliphatic carbocycles. The Bertz CT molecular complexity index is 1140. The molecule has 0 saturated carbocycles. The molecule has 4 rings (SSSR count). The van der Waals surface area contributed by atoms with Crippen LogP contribution < -0.4 is 4.74 Å². The van der Waals surface area contributed by atoms with Gasteiger partial charge in [0.25, 0.3) is 5.91 Å². The Labute approximate surface area is 180 Å². The van der Waals surface area contributed by atoms with Crippen LogP contribution in [0.5, 0.6) is 5.88 Å². The minimum Gasteiger partial charge on any atom is -0.472 e. The first-order valence-electron chi connectivity index (χ1n) is 10.2. The van der Waals surface area contributed by atoms with Gasteiger partial charge in [-0.1, -0.05) is 0 Å². The molecule has 9 heteroatoms. The van der Waals surface area contributed by atoms with Gasteiger partial charge in [-0.3, -0.25) is 4.79 Å². The van der Waals surface area contributed by atoms with E-state index in [0.29, 0.717) is 34.9 Å². The lowest BCUT2D eigenvalue weighted by Crippen LogP contribution is -2.49. The number of ether oxygens (including phenoxy) is 1. The Morgan fingerprint density at radius 3 is 2.68 bits per heavy atom. The highest BCUT2D eigenvalue weighted by Gasteiger charge is 2.33. The molecule has 0 aromatic carbocycles. The van der Waals surface area contributed by atoms with E-state index in [1.54, 1.807) is 35.6 Å². The zero-order chi connectivity index (χ0) is 22.0. The zero-order valence-corrected chi connectivity index (χ0v) is 17.7. The van der Waals surface area contributed by atoms with Crippen LogP contribution in [0.25, 0.3) is 5.82 Å². The van der Waals surface area contributed by atoms with Crippen molar-refractivity contribution in [2.45, 2.75) is 45.8 Å². The highest BCUT2D eigenvalue weighted by molar-refractivity contribution is 5.97. The zero-order valence-electron chi connectivity index (χ0n) is 17.7. The van der Waals surface area contributed by atoms with Crippen LogP contribution in [0.15, 0.2) is 36.8 Å². The minimum atomic E-state index is -0.218. The lowest BCUT2D eigenvalue weighted by atomic mass is 10.00. The molecule has 9 nitrogen and oxygen atoms in total. The third-order valence-corrected chi connectivity index (χ3v) is 5.51. The van der Waals surface area contributed by atoms with Gasteiger partial charge in [-0.25, -0.2) is 9.97 Å². The van der Waals surface area contributed by atoms with Crippen molar-refractivity contribution in [3.63, 3.8) is 0 Å². The summed E-state index contributed by atoms with van der Waals surface area (Å²) in [6.45, 7) is 6.12. The molecule has 31 heavy (non-hydrogen) atoms. The van der Waals surface area contributed by atoms with Gasteiger partial charge < -0.3 is 9.64 Å². The van der Waals surface area contributed by atoms with Gasteiger partial charge in [0, 0.05) is 23.5 Å². The van der Waals surface area contributed by atoms with Crippen LogP contribution in [0.4, 0.5) is 0 Å². The van der Waals surface area contributed by atoms with Crippen molar-refractivity contribution in [2.75, 3.05) is 6.54 Å². The first kappa shape index (κ1) is 20.5. The Balaban J connectivity index is 1.59. The number of hydrogen-bond acceptors (Lipinski definition) is 7. The summed E-state index contributed by atoms with van der Waals surface area (Å²) in [6, 6.07) is 7.43. The molecule has 0 spiro atoms. The normalized spacial score (nSPS) is 18.5. The largest absolute Gasteiger partial charge is 0.472 e. The maximum atomic E-state index is 13.5. The maximum Gasteiger partial charge on any atom is 0.258 e. The second-order valence-corrected chi connectivity index (χ2v) is 7.67. The fourth-order valence-corrected chi connectivity index (χ4v) is 3.71. The van der Waals surface area contributed by atoms with E-state index in [9.17, 15) is 10.1 Å². The van der Waals surface area contributed by atoms with Gasteiger partial charge in [-0.2, -0.15) is 15.5 Å². The van der Waals surface area contributed by atoms with Gasteiger partial charge in [-0.15, -0.1) is 4.80 Å². The van der Waals surface area contributed by atoms with Crippen LogP contribution >= 0.6 is 0 Å². The lowest BCUT2D eigenvalue weighted by molar-refractivity contribution is 0.0370. The van der Waals surface area contributed by atoms with Crippen molar-refractivity contribution >= 4 is 5.91 Å². The van der Waals surface area contributed by atoms with E-state index in [2.05, 4.69) is 26.2 Å². The monoisotopic (exact) mass is 417 g/mol. The molecule has 158 valence electrons. The Kier molecular flexibility index (Phi) is 5.62. The predicted octanol–water partition coefficient (Wildman–Crippen LogP) is 2.62. The Morgan fingerprint density at radius 1 is 1.16 bits per heavy atom. The fraction of sp³-hybridized carbons (Fsp3) is 0.364. The van der Waals surface area contributed by atoms with E-state index in [-0.39, 0.29) is 18.1 Å². The lowest BCUT2D eigenvalue weighted by Gasteiger charge is -2.38. The molecule has 1 amide bonds. The van der Waals surface area contributed by atoms with Crippen LogP contribution in [0.1, 0.15) is 46.9 Å². The summed E-state index contributed by atoms with van der Waals surface area (Å²) < 4.78 is 6.11. The first-order chi connectivity index (χ1) is 15.0. The second kappa shape index (κ2) is 8.52. The number of aromatic nitrogens is 5. The molecule has 1 saturated heterocycles. The number of pyridine rings is 2. The second-order valence-electron chi connectivity index (χ2n) is 7.67. The van der Waals surface area contributed by atoms with E-state index >= 15 is 0 Å². The van der Waals surface area contributed by atoms with Gasteiger partial charge in [0.2, 0.25) is 5.88 Å². The molecule has 3 aromatic rings. The third-order valence-electron chi connectivity index (χ3n) is 5.51. The number of aryl methyl sites for hydroxylation is 1. The molecule has 0 N–H and O–H groups in total. The van der Waals surface area contributed by atoms with E-state index in [1.807, 2.05) is 26.8 Å². The molecule has 0 bridgehead atoms. The molecule has 0 unspecified atom stereocenters. The van der Waals surface area contributed by atoms with Crippen molar-refractivity contribution in [3.05, 3.63) is 59.2 Å². The Morgan fingerprint density at radius 2 is 1.94 bits per heavy atom. The number of nitriles is 1. The Hall–Kier alpha value is -3.80. The summed E-state index contributed by atoms with van der Waals surface area (Å²) >= 11 is 0. The van der Waals surface area contributed by atoms with Crippen LogP contribution in [-0.4, -0.2) is 54.5 Å². The number of rotatable bonds is 4. The van der Waals surface area contributed by atoms with E-state index in [4.69, 9.17) is 4.74 Å². The van der Waals surface area contributed by atoms with Crippen LogP contribution in [0.3, 0.4) is 0 Å². The molecule has 1 aliphatic rings. The maximum absolute atomic E-state index is 13.5. The highest BCUT2D eigenvalue weighted by Crippen LogP contribution is 2.26. The van der Waals surface area contributed by atoms with Crippen LogP contribution in [0, 0.1) is 25.2 Å². The van der Waals surface area contributed by atoms with Gasteiger partial charge in [0.1, 0.15) is 6.10 Å². The van der Waals surface area contributed by atoms with Crippen molar-refractivity contribution in [1.29, 1.82) is 5.26 Å². The first-order valence-corrected chi connectivity index (χ1v) is 10.2. The number of hydrogen-bond donors (Lipinski definition) is 0. The van der Waals surface area contributed by atoms with E-state index in [1.165, 1.54) is 4.80 Å². The van der Waals surface area contributed by atoms with Gasteiger partial charge in [0.05, 0.1) is 36.1 Å².